The molecule has 2 amide bonds. The van der Waals surface area contributed by atoms with E-state index >= 15 is 0 Å². The smallest absolute Gasteiger partial charge is 0.344 e. The zero-order valence-corrected chi connectivity index (χ0v) is 19.7. The summed E-state index contributed by atoms with van der Waals surface area (Å²) in [6, 6.07) is 3.03. The first kappa shape index (κ1) is 25.5. The standard InChI is InChI=1S/C21H24ClNO8S/c1-5-12(3)31-17(24)10-23-20(26)16(32-21(23)27)9-13-7-14(22)19(15(8-13)28-4)30-11-18(25)29-6-2/h7-9,12H,5-6,10-11H2,1-4H3/b16-9-/t12-/m0/s1. The summed E-state index contributed by atoms with van der Waals surface area (Å²) in [5, 5.41) is -0.439. The van der Waals surface area contributed by atoms with E-state index in [0.717, 1.165) is 4.90 Å². The Balaban J connectivity index is 2.18. The molecule has 174 valence electrons. The highest BCUT2D eigenvalue weighted by Gasteiger charge is 2.37. The number of hydrogen-bond donors (Lipinski definition) is 0. The Labute approximate surface area is 194 Å². The van der Waals surface area contributed by atoms with E-state index in [-0.39, 0.29) is 40.7 Å². The number of halogens is 1. The van der Waals surface area contributed by atoms with E-state index < -0.39 is 29.6 Å². The molecule has 0 N–H and O–H groups in total. The quantitative estimate of drug-likeness (QED) is 0.362. The fraction of sp³-hybridized carbons (Fsp3) is 0.429. The third-order valence-electron chi connectivity index (χ3n) is 4.26. The van der Waals surface area contributed by atoms with Gasteiger partial charge in [-0.15, -0.1) is 0 Å². The van der Waals surface area contributed by atoms with E-state index in [1.54, 1.807) is 13.8 Å². The van der Waals surface area contributed by atoms with Crippen molar-refractivity contribution in [1.82, 2.24) is 4.90 Å². The van der Waals surface area contributed by atoms with Crippen LogP contribution in [-0.2, 0) is 23.9 Å². The summed E-state index contributed by atoms with van der Waals surface area (Å²) >= 11 is 6.97. The predicted molar refractivity (Wildman–Crippen MR) is 119 cm³/mol. The van der Waals surface area contributed by atoms with Crippen molar-refractivity contribution < 1.29 is 38.1 Å². The van der Waals surface area contributed by atoms with E-state index in [1.807, 2.05) is 6.92 Å². The molecule has 1 fully saturated rings. The van der Waals surface area contributed by atoms with Gasteiger partial charge >= 0.3 is 11.9 Å². The number of esters is 2. The summed E-state index contributed by atoms with van der Waals surface area (Å²) < 4.78 is 20.6. The topological polar surface area (TPSA) is 108 Å². The molecule has 11 heteroatoms. The molecule has 0 bridgehead atoms. The van der Waals surface area contributed by atoms with E-state index in [0.29, 0.717) is 23.7 Å². The van der Waals surface area contributed by atoms with Crippen molar-refractivity contribution in [3.8, 4) is 11.5 Å². The highest BCUT2D eigenvalue weighted by molar-refractivity contribution is 8.18. The average Bonchev–Trinajstić information content (AvgIpc) is 2.99. The van der Waals surface area contributed by atoms with Gasteiger partial charge in [0.05, 0.1) is 29.7 Å². The van der Waals surface area contributed by atoms with Crippen LogP contribution in [0, 0.1) is 0 Å². The Morgan fingerprint density at radius 1 is 1.22 bits per heavy atom. The summed E-state index contributed by atoms with van der Waals surface area (Å²) in [5.74, 6) is -1.46. The Morgan fingerprint density at radius 3 is 2.56 bits per heavy atom. The zero-order valence-electron chi connectivity index (χ0n) is 18.1. The minimum absolute atomic E-state index is 0.115. The highest BCUT2D eigenvalue weighted by Crippen LogP contribution is 2.39. The van der Waals surface area contributed by atoms with Crippen LogP contribution in [0.1, 0.15) is 32.8 Å². The van der Waals surface area contributed by atoms with Gasteiger partial charge in [-0.3, -0.25) is 19.3 Å². The van der Waals surface area contributed by atoms with Crippen LogP contribution >= 0.6 is 23.4 Å². The molecule has 9 nitrogen and oxygen atoms in total. The van der Waals surface area contributed by atoms with Crippen molar-refractivity contribution in [1.29, 1.82) is 0 Å². The molecule has 1 atom stereocenters. The average molecular weight is 486 g/mol. The Bertz CT molecular complexity index is 933. The molecule has 1 aliphatic rings. The van der Waals surface area contributed by atoms with Crippen molar-refractivity contribution in [3.05, 3.63) is 27.6 Å². The minimum Gasteiger partial charge on any atom is -0.493 e. The van der Waals surface area contributed by atoms with E-state index in [1.165, 1.54) is 25.3 Å². The Morgan fingerprint density at radius 2 is 1.94 bits per heavy atom. The van der Waals surface area contributed by atoms with Crippen LogP contribution in [0.3, 0.4) is 0 Å². The number of hydrogen-bond acceptors (Lipinski definition) is 9. The van der Waals surface area contributed by atoms with Crippen LogP contribution in [0.25, 0.3) is 6.08 Å². The van der Waals surface area contributed by atoms with Gasteiger partial charge in [0.25, 0.3) is 11.1 Å². The lowest BCUT2D eigenvalue weighted by atomic mass is 10.1. The van der Waals surface area contributed by atoms with E-state index in [9.17, 15) is 19.2 Å². The van der Waals surface area contributed by atoms with Crippen LogP contribution in [0.2, 0.25) is 5.02 Å². The lowest BCUT2D eigenvalue weighted by Crippen LogP contribution is -2.35. The molecular formula is C21H24ClNO8S. The molecule has 1 aliphatic heterocycles. The van der Waals surface area contributed by atoms with Crippen molar-refractivity contribution in [2.24, 2.45) is 0 Å². The monoisotopic (exact) mass is 485 g/mol. The molecule has 0 saturated carbocycles. The number of benzene rings is 1. The van der Waals surface area contributed by atoms with Gasteiger partial charge in [0.15, 0.2) is 18.1 Å². The molecule has 1 aromatic rings. The second-order valence-corrected chi connectivity index (χ2v) is 8.00. The SMILES string of the molecule is CCOC(=O)COc1c(Cl)cc(/C=C2\SC(=O)N(CC(=O)O[C@@H](C)CC)C2=O)cc1OC. The van der Waals surface area contributed by atoms with Crippen molar-refractivity contribution >= 4 is 52.5 Å². The van der Waals surface area contributed by atoms with Crippen LogP contribution < -0.4 is 9.47 Å². The summed E-state index contributed by atoms with van der Waals surface area (Å²) in [5.41, 5.74) is 0.461. The maximum Gasteiger partial charge on any atom is 0.344 e. The first-order chi connectivity index (χ1) is 15.2. The van der Waals surface area contributed by atoms with Gasteiger partial charge in [0, 0.05) is 0 Å². The number of methoxy groups -OCH3 is 1. The molecule has 0 aromatic heterocycles. The lowest BCUT2D eigenvalue weighted by Gasteiger charge is -2.15. The summed E-state index contributed by atoms with van der Waals surface area (Å²) in [4.78, 5) is 49.3. The van der Waals surface area contributed by atoms with Crippen LogP contribution in [0.4, 0.5) is 4.79 Å². The summed E-state index contributed by atoms with van der Waals surface area (Å²) in [6.07, 6.45) is 1.77. The summed E-state index contributed by atoms with van der Waals surface area (Å²) in [6.45, 7) is 4.66. The van der Waals surface area contributed by atoms with Crippen molar-refractivity contribution in [2.45, 2.75) is 33.3 Å². The molecule has 0 spiro atoms. The molecule has 0 aliphatic carbocycles. The van der Waals surface area contributed by atoms with E-state index in [2.05, 4.69) is 0 Å². The number of amides is 2. The highest BCUT2D eigenvalue weighted by atomic mass is 35.5. The number of nitrogens with zero attached hydrogens (tertiary/aromatic N) is 1. The van der Waals surface area contributed by atoms with Gasteiger partial charge < -0.3 is 18.9 Å². The first-order valence-corrected chi connectivity index (χ1v) is 11.0. The summed E-state index contributed by atoms with van der Waals surface area (Å²) in [7, 11) is 1.39. The van der Waals surface area contributed by atoms with Crippen LogP contribution in [-0.4, -0.2) is 61.0 Å². The number of rotatable bonds is 10. The fourth-order valence-electron chi connectivity index (χ4n) is 2.56. The van der Waals surface area contributed by atoms with Crippen LogP contribution in [0.15, 0.2) is 17.0 Å². The largest absolute Gasteiger partial charge is 0.493 e. The number of ether oxygens (including phenoxy) is 4. The molecule has 1 saturated heterocycles. The fourth-order valence-corrected chi connectivity index (χ4v) is 3.67. The van der Waals surface area contributed by atoms with Gasteiger partial charge in [-0.1, -0.05) is 18.5 Å². The third-order valence-corrected chi connectivity index (χ3v) is 5.45. The maximum atomic E-state index is 12.6. The second-order valence-electron chi connectivity index (χ2n) is 6.60. The maximum absolute atomic E-state index is 12.6. The number of thioether (sulfide) groups is 1. The normalized spacial score (nSPS) is 15.7. The van der Waals surface area contributed by atoms with Gasteiger partial charge in [-0.2, -0.15) is 0 Å². The van der Waals surface area contributed by atoms with Gasteiger partial charge in [0.1, 0.15) is 6.54 Å². The lowest BCUT2D eigenvalue weighted by molar-refractivity contribution is -0.150. The number of carbonyl (C=O) groups is 4. The first-order valence-electron chi connectivity index (χ1n) is 9.80. The van der Waals surface area contributed by atoms with Gasteiger partial charge in [0.2, 0.25) is 0 Å². The third kappa shape index (κ3) is 6.64. The molecule has 1 aromatic carbocycles. The molecule has 1 heterocycles. The van der Waals surface area contributed by atoms with Crippen molar-refractivity contribution in [3.63, 3.8) is 0 Å². The Hall–Kier alpha value is -2.72. The van der Waals surface area contributed by atoms with Gasteiger partial charge in [-0.05, 0) is 55.8 Å². The van der Waals surface area contributed by atoms with Crippen molar-refractivity contribution in [2.75, 3.05) is 26.9 Å². The molecule has 2 rings (SSSR count). The molecule has 0 radical (unpaired) electrons. The van der Waals surface area contributed by atoms with Crippen LogP contribution in [0.5, 0.6) is 11.5 Å². The second kappa shape index (κ2) is 11.8. The molecular weight excluding hydrogens is 462 g/mol. The number of imide groups is 1. The molecule has 32 heavy (non-hydrogen) atoms. The predicted octanol–water partition coefficient (Wildman–Crippen LogP) is 3.67. The van der Waals surface area contributed by atoms with E-state index in [4.69, 9.17) is 30.5 Å². The minimum atomic E-state index is -0.657. The van der Waals surface area contributed by atoms with Gasteiger partial charge in [-0.25, -0.2) is 4.79 Å². The zero-order chi connectivity index (χ0) is 23.8. The number of carbonyl (C=O) groups excluding carboxylic acids is 4. The Kier molecular flexibility index (Phi) is 9.40. The molecule has 0 unspecified atom stereocenters.